The van der Waals surface area contributed by atoms with Crippen LogP contribution in [-0.2, 0) is 22.3 Å². The number of aromatic nitrogens is 2. The van der Waals surface area contributed by atoms with Crippen molar-refractivity contribution in [3.63, 3.8) is 0 Å². The van der Waals surface area contributed by atoms with Crippen LogP contribution in [0.5, 0.6) is 0 Å². The quantitative estimate of drug-likeness (QED) is 0.483. The summed E-state index contributed by atoms with van der Waals surface area (Å²) in [5.41, 5.74) is 2.08. The number of rotatable bonds is 8. The van der Waals surface area contributed by atoms with Crippen LogP contribution in [0.1, 0.15) is 46.6 Å². The number of pyridine rings is 1. The number of benzene rings is 1. The third kappa shape index (κ3) is 5.82. The van der Waals surface area contributed by atoms with E-state index in [2.05, 4.69) is 15.5 Å². The first-order chi connectivity index (χ1) is 15.9. The molecule has 3 aromatic rings. The van der Waals surface area contributed by atoms with Crippen LogP contribution in [0.4, 0.5) is 0 Å². The first-order valence-electron chi connectivity index (χ1n) is 10.8. The molecule has 1 N–H and O–H groups in total. The van der Waals surface area contributed by atoms with Crippen molar-refractivity contribution in [1.29, 1.82) is 0 Å². The molecule has 0 unspecified atom stereocenters. The van der Waals surface area contributed by atoms with Crippen molar-refractivity contribution >= 4 is 27.7 Å². The van der Waals surface area contributed by atoms with Crippen molar-refractivity contribution in [2.45, 2.75) is 48.4 Å². The van der Waals surface area contributed by atoms with E-state index in [1.807, 2.05) is 13.0 Å². The maximum absolute atomic E-state index is 12.8. The molecule has 0 aliphatic carbocycles. The van der Waals surface area contributed by atoms with Crippen LogP contribution in [0.2, 0.25) is 0 Å². The Balaban J connectivity index is 1.37. The number of hydrogen-bond donors (Lipinski definition) is 1. The maximum atomic E-state index is 12.8. The van der Waals surface area contributed by atoms with Crippen LogP contribution in [-0.4, -0.2) is 41.9 Å². The predicted octanol–water partition coefficient (Wildman–Crippen LogP) is 3.77. The monoisotopic (exact) mass is 486 g/mol. The molecular weight excluding hydrogens is 460 g/mol. The zero-order valence-corrected chi connectivity index (χ0v) is 20.0. The summed E-state index contributed by atoms with van der Waals surface area (Å²) in [5.74, 6) is 1.04. The third-order valence-electron chi connectivity index (χ3n) is 5.38. The molecule has 1 aromatic carbocycles. The van der Waals surface area contributed by atoms with E-state index in [-0.39, 0.29) is 17.3 Å². The molecule has 0 saturated carbocycles. The van der Waals surface area contributed by atoms with E-state index in [1.54, 1.807) is 46.9 Å². The largest absolute Gasteiger partial charge is 0.361 e. The molecule has 0 bridgehead atoms. The molecule has 10 heteroatoms. The highest BCUT2D eigenvalue weighted by Crippen LogP contribution is 2.24. The van der Waals surface area contributed by atoms with Crippen molar-refractivity contribution < 1.29 is 17.7 Å². The lowest BCUT2D eigenvalue weighted by atomic mass is 10.2. The molecule has 174 valence electrons. The summed E-state index contributed by atoms with van der Waals surface area (Å²) in [7, 11) is -3.46. The molecule has 0 atom stereocenters. The number of hydrogen-bond acceptors (Lipinski definition) is 7. The molecule has 2 aromatic heterocycles. The molecule has 4 rings (SSSR count). The van der Waals surface area contributed by atoms with Gasteiger partial charge >= 0.3 is 0 Å². The standard InChI is InChI=1S/C23H26N4O4S2/c1-17-14-19(26-31-17)16-32-23-21(6-5-11-24-23)22(28)25-15-18-7-9-20(10-8-18)33(29,30)27-12-3-2-4-13-27/h5-11,14H,2-4,12-13,15-16H2,1H3,(H,25,28). The second-order valence-corrected chi connectivity index (χ2v) is 10.8. The van der Waals surface area contributed by atoms with Crippen LogP contribution in [0.3, 0.4) is 0 Å². The minimum Gasteiger partial charge on any atom is -0.361 e. The molecule has 0 spiro atoms. The van der Waals surface area contributed by atoms with Crippen LogP contribution < -0.4 is 5.32 Å². The Hall–Kier alpha value is -2.69. The summed E-state index contributed by atoms with van der Waals surface area (Å²) in [4.78, 5) is 17.4. The van der Waals surface area contributed by atoms with Gasteiger partial charge in [-0.05, 0) is 49.6 Å². The van der Waals surface area contributed by atoms with Gasteiger partial charge in [-0.15, -0.1) is 0 Å². The lowest BCUT2D eigenvalue weighted by Gasteiger charge is -2.25. The summed E-state index contributed by atoms with van der Waals surface area (Å²) in [5, 5.41) is 7.47. The number of amides is 1. The van der Waals surface area contributed by atoms with E-state index in [4.69, 9.17) is 4.52 Å². The van der Waals surface area contributed by atoms with Gasteiger partial charge in [0.2, 0.25) is 10.0 Å². The second kappa shape index (κ2) is 10.5. The Morgan fingerprint density at radius 3 is 2.61 bits per heavy atom. The fraction of sp³-hybridized carbons (Fsp3) is 0.348. The molecule has 1 amide bonds. The van der Waals surface area contributed by atoms with E-state index < -0.39 is 10.0 Å². The van der Waals surface area contributed by atoms with Gasteiger partial charge in [-0.2, -0.15) is 4.31 Å². The van der Waals surface area contributed by atoms with Crippen molar-refractivity contribution in [2.75, 3.05) is 13.1 Å². The van der Waals surface area contributed by atoms with Crippen LogP contribution in [0.25, 0.3) is 0 Å². The van der Waals surface area contributed by atoms with E-state index in [0.717, 1.165) is 36.3 Å². The molecule has 1 aliphatic heterocycles. The fourth-order valence-electron chi connectivity index (χ4n) is 3.62. The van der Waals surface area contributed by atoms with Gasteiger partial charge in [0.15, 0.2) is 0 Å². The minimum atomic E-state index is -3.46. The summed E-state index contributed by atoms with van der Waals surface area (Å²) in [6.45, 7) is 3.25. The number of piperidine rings is 1. The molecule has 8 nitrogen and oxygen atoms in total. The summed E-state index contributed by atoms with van der Waals surface area (Å²) in [6.07, 6.45) is 4.52. The lowest BCUT2D eigenvalue weighted by molar-refractivity contribution is 0.0947. The number of thioether (sulfide) groups is 1. The molecule has 1 aliphatic rings. The molecular formula is C23H26N4O4S2. The Morgan fingerprint density at radius 2 is 1.91 bits per heavy atom. The van der Waals surface area contributed by atoms with Gasteiger partial charge in [0.05, 0.1) is 16.2 Å². The normalized spacial score (nSPS) is 14.8. The molecule has 3 heterocycles. The van der Waals surface area contributed by atoms with Crippen molar-refractivity contribution in [3.8, 4) is 0 Å². The van der Waals surface area contributed by atoms with E-state index >= 15 is 0 Å². The zero-order chi connectivity index (χ0) is 23.3. The summed E-state index contributed by atoms with van der Waals surface area (Å²) in [6, 6.07) is 12.0. The zero-order valence-electron chi connectivity index (χ0n) is 18.4. The molecule has 33 heavy (non-hydrogen) atoms. The molecule has 1 saturated heterocycles. The number of carbonyl (C=O) groups excluding carboxylic acids is 1. The van der Waals surface area contributed by atoms with Crippen LogP contribution >= 0.6 is 11.8 Å². The van der Waals surface area contributed by atoms with Crippen LogP contribution in [0.15, 0.2) is 63.1 Å². The Labute approximate surface area is 197 Å². The maximum Gasteiger partial charge on any atom is 0.254 e. The third-order valence-corrected chi connectivity index (χ3v) is 8.33. The van der Waals surface area contributed by atoms with Gasteiger partial charge in [-0.25, -0.2) is 13.4 Å². The highest BCUT2D eigenvalue weighted by atomic mass is 32.2. The Morgan fingerprint density at radius 1 is 1.15 bits per heavy atom. The van der Waals surface area contributed by atoms with Gasteiger partial charge < -0.3 is 9.84 Å². The van der Waals surface area contributed by atoms with Crippen LogP contribution in [0, 0.1) is 6.92 Å². The SMILES string of the molecule is Cc1cc(CSc2ncccc2C(=O)NCc2ccc(S(=O)(=O)N3CCCCC3)cc2)no1. The fourth-order valence-corrected chi connectivity index (χ4v) is 6.01. The number of nitrogens with one attached hydrogen (secondary N) is 1. The predicted molar refractivity (Wildman–Crippen MR) is 125 cm³/mol. The summed E-state index contributed by atoms with van der Waals surface area (Å²) < 4.78 is 32.2. The first-order valence-corrected chi connectivity index (χ1v) is 13.2. The number of carbonyl (C=O) groups is 1. The van der Waals surface area contributed by atoms with Gasteiger partial charge in [-0.1, -0.05) is 35.5 Å². The van der Waals surface area contributed by atoms with E-state index in [0.29, 0.717) is 29.4 Å². The molecule has 1 fully saturated rings. The minimum absolute atomic E-state index is 0.244. The summed E-state index contributed by atoms with van der Waals surface area (Å²) >= 11 is 1.42. The lowest BCUT2D eigenvalue weighted by Crippen LogP contribution is -2.35. The van der Waals surface area contributed by atoms with Crippen molar-refractivity contribution in [1.82, 2.24) is 19.8 Å². The van der Waals surface area contributed by atoms with E-state index in [1.165, 1.54) is 11.8 Å². The topological polar surface area (TPSA) is 105 Å². The van der Waals surface area contributed by atoms with Crippen molar-refractivity contribution in [2.24, 2.45) is 0 Å². The van der Waals surface area contributed by atoms with Crippen molar-refractivity contribution in [3.05, 3.63) is 71.2 Å². The molecule has 0 radical (unpaired) electrons. The Kier molecular flexibility index (Phi) is 7.46. The highest BCUT2D eigenvalue weighted by Gasteiger charge is 2.25. The smallest absolute Gasteiger partial charge is 0.254 e. The average molecular weight is 487 g/mol. The first kappa shape index (κ1) is 23.5. The number of nitrogens with zero attached hydrogens (tertiary/aromatic N) is 3. The van der Waals surface area contributed by atoms with Gasteiger partial charge in [-0.3, -0.25) is 4.79 Å². The van der Waals surface area contributed by atoms with Gasteiger partial charge in [0, 0.05) is 37.7 Å². The van der Waals surface area contributed by atoms with Gasteiger partial charge in [0.1, 0.15) is 10.8 Å². The average Bonchev–Trinajstić information content (AvgIpc) is 3.27. The number of aryl methyl sites for hydroxylation is 1. The number of sulfonamides is 1. The second-order valence-electron chi connectivity index (χ2n) is 7.87. The van der Waals surface area contributed by atoms with Gasteiger partial charge in [0.25, 0.3) is 5.91 Å². The highest BCUT2D eigenvalue weighted by molar-refractivity contribution is 7.98. The van der Waals surface area contributed by atoms with E-state index in [9.17, 15) is 13.2 Å². The Bertz CT molecular complexity index is 1200.